The first-order valence-corrected chi connectivity index (χ1v) is 5.39. The van der Waals surface area contributed by atoms with Crippen LogP contribution < -0.4 is 11.1 Å². The van der Waals surface area contributed by atoms with Crippen molar-refractivity contribution in [2.24, 2.45) is 5.92 Å². The first-order valence-electron chi connectivity index (χ1n) is 5.39. The van der Waals surface area contributed by atoms with Gasteiger partial charge in [-0.3, -0.25) is 10.1 Å². The Kier molecular flexibility index (Phi) is 3.10. The predicted octanol–water partition coefficient (Wildman–Crippen LogP) is 0.755. The third-order valence-electron chi connectivity index (χ3n) is 2.86. The van der Waals surface area contributed by atoms with E-state index in [4.69, 9.17) is 10.8 Å². The van der Waals surface area contributed by atoms with Crippen LogP contribution in [0.25, 0.3) is 0 Å². The molecule has 1 fully saturated rings. The van der Waals surface area contributed by atoms with Gasteiger partial charge < -0.3 is 16.2 Å². The van der Waals surface area contributed by atoms with Gasteiger partial charge >= 0.3 is 5.69 Å². The van der Waals surface area contributed by atoms with Crippen LogP contribution in [0.2, 0.25) is 0 Å². The zero-order chi connectivity index (χ0) is 12.4. The fraction of sp³-hybridized carbons (Fsp3) is 0.500. The molecule has 1 aromatic rings. The van der Waals surface area contributed by atoms with Crippen molar-refractivity contribution in [2.45, 2.75) is 18.9 Å². The minimum absolute atomic E-state index is 0.0842. The van der Waals surface area contributed by atoms with E-state index < -0.39 is 4.92 Å². The molecule has 0 atom stereocenters. The second-order valence-corrected chi connectivity index (χ2v) is 4.23. The summed E-state index contributed by atoms with van der Waals surface area (Å²) in [5.74, 6) is 0.774. The first-order chi connectivity index (χ1) is 8.06. The third-order valence-corrected chi connectivity index (χ3v) is 2.86. The van der Waals surface area contributed by atoms with Gasteiger partial charge in [-0.05, 0) is 24.8 Å². The Morgan fingerprint density at radius 2 is 2.29 bits per heavy atom. The molecule has 7 heteroatoms. The van der Waals surface area contributed by atoms with E-state index in [0.717, 1.165) is 12.8 Å². The molecule has 0 amide bonds. The van der Waals surface area contributed by atoms with Crippen molar-refractivity contribution in [3.05, 3.63) is 22.2 Å². The zero-order valence-electron chi connectivity index (χ0n) is 9.17. The largest absolute Gasteiger partial charge is 0.393 e. The first kappa shape index (κ1) is 11.6. The molecule has 1 aromatic heterocycles. The van der Waals surface area contributed by atoms with Gasteiger partial charge in [0.2, 0.25) is 5.82 Å². The van der Waals surface area contributed by atoms with Gasteiger partial charge in [-0.15, -0.1) is 0 Å². The van der Waals surface area contributed by atoms with E-state index in [1.807, 2.05) is 0 Å². The monoisotopic (exact) mass is 238 g/mol. The molecule has 1 saturated carbocycles. The van der Waals surface area contributed by atoms with Crippen molar-refractivity contribution in [1.29, 1.82) is 0 Å². The minimum atomic E-state index is -0.496. The number of nitrogen functional groups attached to an aromatic ring is 1. The highest BCUT2D eigenvalue weighted by Crippen LogP contribution is 2.29. The Balaban J connectivity index is 2.03. The van der Waals surface area contributed by atoms with Crippen LogP contribution in [0.15, 0.2) is 12.1 Å². The van der Waals surface area contributed by atoms with E-state index in [-0.39, 0.29) is 23.4 Å². The third kappa shape index (κ3) is 2.62. The average molecular weight is 238 g/mol. The number of anilines is 2. The van der Waals surface area contributed by atoms with Crippen molar-refractivity contribution in [3.8, 4) is 0 Å². The molecule has 1 heterocycles. The maximum atomic E-state index is 10.8. The number of aliphatic hydroxyl groups excluding tert-OH is 1. The molecule has 0 saturated heterocycles. The number of nitrogens with one attached hydrogen (secondary N) is 1. The Hall–Kier alpha value is -1.89. The molecule has 0 bridgehead atoms. The van der Waals surface area contributed by atoms with Crippen LogP contribution >= 0.6 is 0 Å². The minimum Gasteiger partial charge on any atom is -0.393 e. The Labute approximate surface area is 97.8 Å². The number of hydrogen-bond donors (Lipinski definition) is 3. The van der Waals surface area contributed by atoms with Gasteiger partial charge in [-0.1, -0.05) is 0 Å². The van der Waals surface area contributed by atoms with Crippen molar-refractivity contribution in [2.75, 3.05) is 17.6 Å². The van der Waals surface area contributed by atoms with Crippen LogP contribution in [-0.4, -0.2) is 27.7 Å². The van der Waals surface area contributed by atoms with Crippen LogP contribution in [0.5, 0.6) is 0 Å². The SMILES string of the molecule is Nc1ccc([N+](=O)[O-])c(NCC2CC(O)C2)n1. The lowest BCUT2D eigenvalue weighted by atomic mass is 9.82. The molecule has 0 spiro atoms. The lowest BCUT2D eigenvalue weighted by Crippen LogP contribution is -2.33. The van der Waals surface area contributed by atoms with Crippen LogP contribution in [0.4, 0.5) is 17.3 Å². The molecule has 1 aliphatic rings. The summed E-state index contributed by atoms with van der Waals surface area (Å²) in [6.07, 6.45) is 1.22. The van der Waals surface area contributed by atoms with Gasteiger partial charge in [0.05, 0.1) is 11.0 Å². The molecular weight excluding hydrogens is 224 g/mol. The number of pyridine rings is 1. The summed E-state index contributed by atoms with van der Waals surface area (Å²) in [4.78, 5) is 14.2. The molecule has 0 aliphatic heterocycles. The summed E-state index contributed by atoms with van der Waals surface area (Å²) in [6.45, 7) is 0.564. The van der Waals surface area contributed by atoms with Gasteiger partial charge in [0, 0.05) is 12.6 Å². The van der Waals surface area contributed by atoms with E-state index in [0.29, 0.717) is 12.5 Å². The zero-order valence-corrected chi connectivity index (χ0v) is 9.17. The van der Waals surface area contributed by atoms with Gasteiger partial charge in [-0.2, -0.15) is 0 Å². The Bertz CT molecular complexity index is 432. The Morgan fingerprint density at radius 3 is 2.88 bits per heavy atom. The highest BCUT2D eigenvalue weighted by molar-refractivity contribution is 5.59. The highest BCUT2D eigenvalue weighted by Gasteiger charge is 2.27. The number of aliphatic hydroxyl groups is 1. The summed E-state index contributed by atoms with van der Waals surface area (Å²) >= 11 is 0. The lowest BCUT2D eigenvalue weighted by molar-refractivity contribution is -0.384. The van der Waals surface area contributed by atoms with Gasteiger partial charge in [0.15, 0.2) is 0 Å². The molecule has 1 aliphatic carbocycles. The molecule has 0 radical (unpaired) electrons. The molecule has 4 N–H and O–H groups in total. The topological polar surface area (TPSA) is 114 Å². The predicted molar refractivity (Wildman–Crippen MR) is 62.5 cm³/mol. The molecular formula is C10H14N4O3. The highest BCUT2D eigenvalue weighted by atomic mass is 16.6. The summed E-state index contributed by atoms with van der Waals surface area (Å²) in [5.41, 5.74) is 5.40. The number of rotatable bonds is 4. The van der Waals surface area contributed by atoms with E-state index in [1.54, 1.807) is 0 Å². The van der Waals surface area contributed by atoms with Gasteiger partial charge in [0.1, 0.15) is 5.82 Å². The smallest absolute Gasteiger partial charge is 0.311 e. The number of nitrogens with two attached hydrogens (primary N) is 1. The molecule has 17 heavy (non-hydrogen) atoms. The molecule has 0 unspecified atom stereocenters. The maximum absolute atomic E-state index is 10.8. The fourth-order valence-corrected chi connectivity index (χ4v) is 1.85. The second kappa shape index (κ2) is 4.54. The van der Waals surface area contributed by atoms with E-state index in [9.17, 15) is 10.1 Å². The van der Waals surface area contributed by atoms with Crippen molar-refractivity contribution in [3.63, 3.8) is 0 Å². The van der Waals surface area contributed by atoms with Crippen LogP contribution in [0.1, 0.15) is 12.8 Å². The van der Waals surface area contributed by atoms with Crippen LogP contribution in [0, 0.1) is 16.0 Å². The normalized spacial score (nSPS) is 22.9. The van der Waals surface area contributed by atoms with E-state index >= 15 is 0 Å². The van der Waals surface area contributed by atoms with Crippen molar-refractivity contribution < 1.29 is 10.0 Å². The number of aromatic nitrogens is 1. The van der Waals surface area contributed by atoms with Gasteiger partial charge in [-0.25, -0.2) is 4.98 Å². The number of nitrogens with zero attached hydrogens (tertiary/aromatic N) is 2. The fourth-order valence-electron chi connectivity index (χ4n) is 1.85. The second-order valence-electron chi connectivity index (χ2n) is 4.23. The standard InChI is InChI=1S/C10H14N4O3/c11-9-2-1-8(14(16)17)10(13-9)12-5-6-3-7(15)4-6/h1-2,6-7,15H,3-5H2,(H3,11,12,13). The van der Waals surface area contributed by atoms with Crippen LogP contribution in [-0.2, 0) is 0 Å². The maximum Gasteiger partial charge on any atom is 0.311 e. The van der Waals surface area contributed by atoms with Crippen LogP contribution in [0.3, 0.4) is 0 Å². The summed E-state index contributed by atoms with van der Waals surface area (Å²) in [6, 6.07) is 2.73. The summed E-state index contributed by atoms with van der Waals surface area (Å²) in [5, 5.41) is 22.8. The van der Waals surface area contributed by atoms with E-state index in [1.165, 1.54) is 12.1 Å². The van der Waals surface area contributed by atoms with Crippen molar-refractivity contribution in [1.82, 2.24) is 4.98 Å². The molecule has 7 nitrogen and oxygen atoms in total. The van der Waals surface area contributed by atoms with Gasteiger partial charge in [0.25, 0.3) is 0 Å². The molecule has 2 rings (SSSR count). The average Bonchev–Trinajstić information content (AvgIpc) is 2.22. The quantitative estimate of drug-likeness (QED) is 0.527. The molecule has 92 valence electrons. The summed E-state index contributed by atoms with van der Waals surface area (Å²) in [7, 11) is 0. The summed E-state index contributed by atoms with van der Waals surface area (Å²) < 4.78 is 0. The van der Waals surface area contributed by atoms with Crippen molar-refractivity contribution >= 4 is 17.3 Å². The lowest BCUT2D eigenvalue weighted by Gasteiger charge is -2.31. The number of nitro groups is 1. The van der Waals surface area contributed by atoms with E-state index in [2.05, 4.69) is 10.3 Å². The Morgan fingerprint density at radius 1 is 1.59 bits per heavy atom. The molecule has 0 aromatic carbocycles. The number of hydrogen-bond acceptors (Lipinski definition) is 6.